The number of Topliss-reactive ketones (excluding diaryl/α,β-unsaturated/α-hetero) is 1. The molecule has 8 nitrogen and oxygen atoms in total. The van der Waals surface area contributed by atoms with Crippen molar-refractivity contribution in [2.24, 2.45) is 193 Å². The molecular weight excluding hydrogens is 1390 g/mol. The van der Waals surface area contributed by atoms with Crippen LogP contribution in [-0.4, -0.2) is 81.7 Å². The van der Waals surface area contributed by atoms with Crippen LogP contribution in [0.2, 0.25) is 0 Å². The van der Waals surface area contributed by atoms with E-state index in [1.807, 2.05) is 27.7 Å². The molecule has 7 N–H and O–H groups in total. The number of hydrogen-bond donors (Lipinski definition) is 7. The summed E-state index contributed by atoms with van der Waals surface area (Å²) in [6.07, 6.45) is 62.1. The van der Waals surface area contributed by atoms with E-state index in [-0.39, 0.29) is 23.4 Å². The highest BCUT2D eigenvalue weighted by atomic mass is 16.3. The molecule has 20 aliphatic carbocycles. The molecule has 0 aromatic carbocycles. The molecule has 20 rings (SSSR count). The van der Waals surface area contributed by atoms with E-state index in [2.05, 4.69) is 88.3 Å². The Bertz CT molecular complexity index is 3200. The molecule has 0 aromatic rings. The highest BCUT2D eigenvalue weighted by Gasteiger charge is 2.64. The van der Waals surface area contributed by atoms with Crippen LogP contribution in [0.25, 0.3) is 0 Å². The van der Waals surface area contributed by atoms with Gasteiger partial charge in [-0.15, -0.1) is 0 Å². The summed E-state index contributed by atoms with van der Waals surface area (Å²) in [5.74, 6) is 24.0. The van der Waals surface area contributed by atoms with Crippen LogP contribution < -0.4 is 0 Å². The number of aliphatic hydroxyl groups excluding tert-OH is 2. The number of carbonyl (C=O) groups is 1. The van der Waals surface area contributed by atoms with E-state index in [1.165, 1.54) is 218 Å². The first-order valence-corrected chi connectivity index (χ1v) is 50.1. The molecule has 0 saturated heterocycles. The van der Waals surface area contributed by atoms with Gasteiger partial charge in [0.2, 0.25) is 0 Å². The summed E-state index contributed by atoms with van der Waals surface area (Å²) in [5, 5.41) is 72.9. The van der Waals surface area contributed by atoms with Crippen molar-refractivity contribution in [3.63, 3.8) is 0 Å². The van der Waals surface area contributed by atoms with Gasteiger partial charge < -0.3 is 35.7 Å². The quantitative estimate of drug-likeness (QED) is 0.138. The van der Waals surface area contributed by atoms with Crippen LogP contribution >= 0.6 is 0 Å². The van der Waals surface area contributed by atoms with Crippen molar-refractivity contribution in [1.82, 2.24) is 0 Å². The monoisotopic (exact) mass is 1560 g/mol. The Labute approximate surface area is 691 Å². The third-order valence-corrected chi connectivity index (χ3v) is 43.4. The van der Waals surface area contributed by atoms with Crippen molar-refractivity contribution in [3.05, 3.63) is 23.3 Å². The minimum absolute atomic E-state index is 0.136. The zero-order valence-electron chi connectivity index (χ0n) is 75.3. The first kappa shape index (κ1) is 85.4. The minimum Gasteiger partial charge on any atom is -0.393 e. The number of hydrogen-bond acceptors (Lipinski definition) is 8. The Morgan fingerprint density at radius 2 is 0.540 bits per heavy atom. The summed E-state index contributed by atoms with van der Waals surface area (Å²) < 4.78 is 0. The van der Waals surface area contributed by atoms with Crippen molar-refractivity contribution >= 4 is 5.78 Å². The molecule has 20 fully saturated rings. The van der Waals surface area contributed by atoms with Crippen LogP contribution in [-0.2, 0) is 4.79 Å². The SMILES string of the molecule is CC(=O)[C@H]1CC[C@H]2[C@@H]3CC[C@H]4C[C@](C)(O)CC[C@@H]4[C@H]3CC[C@]12C.CC(O)C1CC[C@H]2[C@@H]3CC[C@H]4C[C@@](C)(O)CC[C@@H]4[C@H]3CC[C@]12C.CC(O)C1CC[C@H]2[C@@H]3CC[C@H]4C[C@](C)(O)CC[C@@H]4[C@H]3CC[C@]12C.CC=C1CC[C@H]2[C@@H]3CC[C@H]4C[C@@](C)(O)CC[C@@H]4[C@H]3CC[C@]12C.CC=C1CC[C@H]2[C@@H]3CC[C@H]4C[C@](C)(O)CC[C@@H]4[C@H]3CC[C@]12C. The van der Waals surface area contributed by atoms with Crippen LogP contribution in [0.4, 0.5) is 0 Å². The molecule has 0 aromatic heterocycles. The molecule has 20 saturated carbocycles. The largest absolute Gasteiger partial charge is 0.393 e. The van der Waals surface area contributed by atoms with Crippen LogP contribution in [0.15, 0.2) is 23.3 Å². The van der Waals surface area contributed by atoms with Crippen LogP contribution in [0.3, 0.4) is 0 Å². The molecule has 0 aliphatic heterocycles. The van der Waals surface area contributed by atoms with Gasteiger partial charge in [0.15, 0.2) is 0 Å². The number of allylic oxidation sites excluding steroid dienone is 4. The van der Waals surface area contributed by atoms with E-state index in [9.17, 15) is 40.5 Å². The van der Waals surface area contributed by atoms with Crippen LogP contribution in [0.1, 0.15) is 393 Å². The Morgan fingerprint density at radius 3 is 0.814 bits per heavy atom. The molecule has 8 heteroatoms. The normalized spacial score (nSPS) is 56.6. The first-order chi connectivity index (χ1) is 53.3. The average Bonchev–Trinajstić information content (AvgIpc) is 1.65. The van der Waals surface area contributed by atoms with Gasteiger partial charge in [0.1, 0.15) is 5.78 Å². The summed E-state index contributed by atoms with van der Waals surface area (Å²) in [5.41, 5.74) is 3.71. The number of ketones is 1. The molecule has 0 bridgehead atoms. The minimum atomic E-state index is -0.412. The highest BCUT2D eigenvalue weighted by molar-refractivity contribution is 5.79. The lowest BCUT2D eigenvalue weighted by molar-refractivity contribution is -0.130. The van der Waals surface area contributed by atoms with Gasteiger partial charge in [-0.25, -0.2) is 0 Å². The summed E-state index contributed by atoms with van der Waals surface area (Å²) in [7, 11) is 0. The predicted molar refractivity (Wildman–Crippen MR) is 461 cm³/mol. The second-order valence-electron chi connectivity index (χ2n) is 49.2. The third kappa shape index (κ3) is 15.6. The van der Waals surface area contributed by atoms with Gasteiger partial charge in [0, 0.05) is 5.92 Å². The van der Waals surface area contributed by atoms with Crippen LogP contribution in [0.5, 0.6) is 0 Å². The van der Waals surface area contributed by atoms with Crippen molar-refractivity contribution in [1.29, 1.82) is 0 Å². The van der Waals surface area contributed by atoms with Gasteiger partial charge in [0.05, 0.1) is 40.2 Å². The summed E-state index contributed by atoms with van der Waals surface area (Å²) in [6, 6.07) is 0. The maximum Gasteiger partial charge on any atom is 0.133 e. The lowest BCUT2D eigenvalue weighted by Crippen LogP contribution is -2.51. The lowest BCUT2D eigenvalue weighted by Gasteiger charge is -2.57. The molecule has 0 spiro atoms. The van der Waals surface area contributed by atoms with Crippen molar-refractivity contribution in [2.45, 2.75) is 433 Å². The van der Waals surface area contributed by atoms with Gasteiger partial charge in [-0.2, -0.15) is 0 Å². The maximum absolute atomic E-state index is 12.1. The Hall–Kier alpha value is -1.13. The molecule has 40 atom stereocenters. The average molecular weight is 1560 g/mol. The fraction of sp³-hybridized carbons (Fsp3) is 0.952. The fourth-order valence-electron chi connectivity index (χ4n) is 38.4. The molecular formula is C105H174O8. The smallest absolute Gasteiger partial charge is 0.133 e. The number of rotatable bonds is 3. The second-order valence-corrected chi connectivity index (χ2v) is 49.2. The van der Waals surface area contributed by atoms with Gasteiger partial charge in [0.25, 0.3) is 0 Å². The Kier molecular flexibility index (Phi) is 24.1. The number of carbonyl (C=O) groups excluding carboxylic acids is 1. The number of aliphatic hydroxyl groups is 7. The third-order valence-electron chi connectivity index (χ3n) is 43.4. The van der Waals surface area contributed by atoms with Gasteiger partial charge in [-0.05, 0) is 545 Å². The highest BCUT2D eigenvalue weighted by Crippen LogP contribution is 2.71. The van der Waals surface area contributed by atoms with E-state index in [1.54, 1.807) is 11.1 Å². The zero-order chi connectivity index (χ0) is 80.3. The van der Waals surface area contributed by atoms with Crippen molar-refractivity contribution in [2.75, 3.05) is 0 Å². The first-order valence-electron chi connectivity index (χ1n) is 50.1. The standard InChI is InChI=1S/2C21H36O2.C21H34O2.2C21H34O/c3*1-13(22)18-6-7-19-17-5-4-14-12-20(2,23)10-8-15(14)16(17)9-11-21(18,19)3;2*1-4-15-6-8-19-18-7-5-14-13-20(2,22)11-9-16(14)17(18)10-12-21(15,19)3/h2*13-19,22-23H,4-12H2,1-3H3;14-19,23H,4-12H2,1-3H3;2*4,14,16-19,22H,5-13H2,1-3H3/t13?,14-,15-,16+,17+,18?,19-,20+,21+;13?,14-,15-,16+,17+,18?,19-,20-,21+;14-,15-,16+,17+,18+,19-,20+,21+;14-,16-,17+,18+,19-,20+,21+;14-,16-,17+,18+,19-,20-,21+/m00000/s1. The van der Waals surface area contributed by atoms with E-state index >= 15 is 0 Å². The maximum atomic E-state index is 12.1. The van der Waals surface area contributed by atoms with E-state index < -0.39 is 16.8 Å². The summed E-state index contributed by atoms with van der Waals surface area (Å²) in [6.45, 7) is 33.3. The van der Waals surface area contributed by atoms with Gasteiger partial charge in [-0.3, -0.25) is 4.79 Å². The predicted octanol–water partition coefficient (Wildman–Crippen LogP) is 24.0. The molecule has 0 heterocycles. The van der Waals surface area contributed by atoms with Crippen molar-refractivity contribution < 1.29 is 40.5 Å². The van der Waals surface area contributed by atoms with Gasteiger partial charge >= 0.3 is 0 Å². The van der Waals surface area contributed by atoms with E-state index in [0.29, 0.717) is 50.6 Å². The second kappa shape index (κ2) is 31.9. The summed E-state index contributed by atoms with van der Waals surface area (Å²) >= 11 is 0. The lowest BCUT2D eigenvalue weighted by atomic mass is 9.49. The van der Waals surface area contributed by atoms with E-state index in [4.69, 9.17) is 0 Å². The molecule has 113 heavy (non-hydrogen) atoms. The molecule has 20 aliphatic rings. The fourth-order valence-corrected chi connectivity index (χ4v) is 38.4. The molecule has 642 valence electrons. The zero-order valence-corrected chi connectivity index (χ0v) is 75.3. The number of fused-ring (bicyclic) bond motifs is 25. The van der Waals surface area contributed by atoms with Crippen molar-refractivity contribution in [3.8, 4) is 0 Å². The molecule has 0 radical (unpaired) electrons. The van der Waals surface area contributed by atoms with Gasteiger partial charge in [-0.1, -0.05) is 57.9 Å². The topological polar surface area (TPSA) is 159 Å². The molecule has 0 amide bonds. The van der Waals surface area contributed by atoms with E-state index in [0.717, 1.165) is 219 Å². The summed E-state index contributed by atoms with van der Waals surface area (Å²) in [4.78, 5) is 12.1. The Balaban J connectivity index is 0.000000107. The Morgan fingerprint density at radius 1 is 0.292 bits per heavy atom. The van der Waals surface area contributed by atoms with Crippen LogP contribution in [0, 0.1) is 193 Å². The molecule has 4 unspecified atom stereocenters.